The number of carboxylic acid groups (broad SMARTS) is 1. The Hall–Kier alpha value is -2.76. The van der Waals surface area contributed by atoms with Crippen LogP contribution in [0.25, 0.3) is 0 Å². The van der Waals surface area contributed by atoms with Gasteiger partial charge in [-0.05, 0) is 50.1 Å². The van der Waals surface area contributed by atoms with Crippen LogP contribution in [0.4, 0.5) is 0 Å². The molecule has 122 valence electrons. The Balaban J connectivity index is 1.84. The largest absolute Gasteiger partial charge is 0.484 e. The van der Waals surface area contributed by atoms with Crippen LogP contribution in [0, 0.1) is 20.8 Å². The summed E-state index contributed by atoms with van der Waals surface area (Å²) in [6.45, 7) is 5.54. The highest BCUT2D eigenvalue weighted by Crippen LogP contribution is 2.16. The molecule has 2 aromatic rings. The molecule has 1 amide bonds. The quantitative estimate of drug-likeness (QED) is 0.855. The van der Waals surface area contributed by atoms with E-state index in [9.17, 15) is 9.59 Å². The minimum Gasteiger partial charge on any atom is -0.484 e. The topological polar surface area (TPSA) is 88.8 Å². The predicted molar refractivity (Wildman–Crippen MR) is 83.7 cm³/mol. The lowest BCUT2D eigenvalue weighted by Gasteiger charge is -2.08. The Morgan fingerprint density at radius 3 is 2.52 bits per heavy atom. The average Bonchev–Trinajstić information content (AvgIpc) is 2.87. The number of carbonyl (C=O) groups is 2. The minimum atomic E-state index is -1.05. The summed E-state index contributed by atoms with van der Waals surface area (Å²) in [5, 5.41) is 11.6. The van der Waals surface area contributed by atoms with Gasteiger partial charge in [-0.2, -0.15) is 0 Å². The summed E-state index contributed by atoms with van der Waals surface area (Å²) in [6, 6.07) is 7.02. The molecular weight excluding hydrogens is 298 g/mol. The van der Waals surface area contributed by atoms with Gasteiger partial charge < -0.3 is 19.6 Å². The molecule has 6 heteroatoms. The van der Waals surface area contributed by atoms with E-state index in [4.69, 9.17) is 14.3 Å². The first-order chi connectivity index (χ1) is 10.9. The third-order valence-electron chi connectivity index (χ3n) is 3.51. The molecule has 0 aliphatic rings. The summed E-state index contributed by atoms with van der Waals surface area (Å²) in [7, 11) is 0. The van der Waals surface area contributed by atoms with Crippen LogP contribution < -0.4 is 10.1 Å². The van der Waals surface area contributed by atoms with Crippen molar-refractivity contribution in [3.8, 4) is 5.75 Å². The number of benzene rings is 1. The fraction of sp³-hybridized carbons (Fsp3) is 0.294. The van der Waals surface area contributed by atoms with E-state index in [1.165, 1.54) is 6.07 Å². The lowest BCUT2D eigenvalue weighted by molar-refractivity contribution is -0.123. The zero-order valence-corrected chi connectivity index (χ0v) is 13.3. The molecule has 0 unspecified atom stereocenters. The molecule has 6 nitrogen and oxygen atoms in total. The van der Waals surface area contributed by atoms with Crippen LogP contribution in [-0.2, 0) is 11.3 Å². The molecule has 0 saturated carbocycles. The van der Waals surface area contributed by atoms with E-state index in [1.807, 2.05) is 32.0 Å². The summed E-state index contributed by atoms with van der Waals surface area (Å²) in [6.07, 6.45) is 0. The van der Waals surface area contributed by atoms with Gasteiger partial charge in [-0.15, -0.1) is 0 Å². The number of carbonyl (C=O) groups excluding carboxylic acids is 1. The van der Waals surface area contributed by atoms with E-state index in [-0.39, 0.29) is 24.6 Å². The van der Waals surface area contributed by atoms with Gasteiger partial charge in [0.05, 0.1) is 6.54 Å². The predicted octanol–water partition coefficient (Wildman–Crippen LogP) is 2.60. The highest BCUT2D eigenvalue weighted by Gasteiger charge is 2.14. The fourth-order valence-corrected chi connectivity index (χ4v) is 2.03. The molecule has 2 N–H and O–H groups in total. The summed E-state index contributed by atoms with van der Waals surface area (Å²) in [5.74, 6) is -0.0335. The number of furan rings is 1. The first kappa shape index (κ1) is 16.6. The molecule has 0 saturated heterocycles. The van der Waals surface area contributed by atoms with Gasteiger partial charge >= 0.3 is 5.97 Å². The van der Waals surface area contributed by atoms with Crippen LogP contribution in [0.5, 0.6) is 5.75 Å². The third kappa shape index (κ3) is 4.35. The van der Waals surface area contributed by atoms with E-state index in [2.05, 4.69) is 5.32 Å². The first-order valence-electron chi connectivity index (χ1n) is 7.16. The van der Waals surface area contributed by atoms with Crippen LogP contribution >= 0.6 is 0 Å². The van der Waals surface area contributed by atoms with E-state index >= 15 is 0 Å². The van der Waals surface area contributed by atoms with Crippen LogP contribution in [0.3, 0.4) is 0 Å². The number of nitrogens with one attached hydrogen (secondary N) is 1. The van der Waals surface area contributed by atoms with Gasteiger partial charge in [-0.1, -0.05) is 6.07 Å². The van der Waals surface area contributed by atoms with Crippen molar-refractivity contribution >= 4 is 11.9 Å². The molecule has 0 atom stereocenters. The molecule has 0 fully saturated rings. The molecule has 0 spiro atoms. The van der Waals surface area contributed by atoms with E-state index < -0.39 is 5.97 Å². The molecule has 0 radical (unpaired) electrons. The standard InChI is InChI=1S/C17H19NO5/c1-10-4-5-13(6-11(10)2)22-9-16(19)18-8-14-7-15(17(20)21)12(3)23-14/h4-7H,8-9H2,1-3H3,(H,18,19)(H,20,21). The van der Waals surface area contributed by atoms with Crippen LogP contribution in [-0.4, -0.2) is 23.6 Å². The van der Waals surface area contributed by atoms with E-state index in [1.54, 1.807) is 6.92 Å². The van der Waals surface area contributed by atoms with Crippen molar-refractivity contribution in [1.82, 2.24) is 5.32 Å². The van der Waals surface area contributed by atoms with Gasteiger partial charge in [-0.25, -0.2) is 4.79 Å². The van der Waals surface area contributed by atoms with Crippen molar-refractivity contribution in [2.24, 2.45) is 0 Å². The number of hydrogen-bond acceptors (Lipinski definition) is 4. The van der Waals surface area contributed by atoms with Gasteiger partial charge in [0.15, 0.2) is 6.61 Å². The zero-order valence-electron chi connectivity index (χ0n) is 13.3. The number of hydrogen-bond donors (Lipinski definition) is 2. The Morgan fingerprint density at radius 2 is 1.91 bits per heavy atom. The minimum absolute atomic E-state index is 0.0978. The maximum atomic E-state index is 11.8. The summed E-state index contributed by atoms with van der Waals surface area (Å²) in [5.41, 5.74) is 2.35. The molecule has 1 heterocycles. The van der Waals surface area contributed by atoms with Gasteiger partial charge in [0, 0.05) is 0 Å². The van der Waals surface area contributed by atoms with Gasteiger partial charge in [0.25, 0.3) is 5.91 Å². The number of ether oxygens (including phenoxy) is 1. The van der Waals surface area contributed by atoms with Crippen molar-refractivity contribution in [3.05, 3.63) is 52.5 Å². The van der Waals surface area contributed by atoms with Gasteiger partial charge in [0.2, 0.25) is 0 Å². The van der Waals surface area contributed by atoms with Gasteiger partial charge in [0.1, 0.15) is 22.8 Å². The van der Waals surface area contributed by atoms with Gasteiger partial charge in [-0.3, -0.25) is 4.79 Å². The van der Waals surface area contributed by atoms with Crippen LogP contribution in [0.2, 0.25) is 0 Å². The summed E-state index contributed by atoms with van der Waals surface area (Å²) < 4.78 is 10.7. The van der Waals surface area contributed by atoms with Crippen molar-refractivity contribution < 1.29 is 23.8 Å². The molecule has 0 aliphatic heterocycles. The van der Waals surface area contributed by atoms with Crippen molar-refractivity contribution in [2.75, 3.05) is 6.61 Å². The molecule has 0 bridgehead atoms. The van der Waals surface area contributed by atoms with E-state index in [0.29, 0.717) is 17.3 Å². The van der Waals surface area contributed by atoms with Crippen LogP contribution in [0.15, 0.2) is 28.7 Å². The smallest absolute Gasteiger partial charge is 0.339 e. The average molecular weight is 317 g/mol. The molecule has 1 aromatic heterocycles. The molecular formula is C17H19NO5. The number of carboxylic acids is 1. The number of aromatic carboxylic acids is 1. The van der Waals surface area contributed by atoms with E-state index in [0.717, 1.165) is 11.1 Å². The van der Waals surface area contributed by atoms with Crippen molar-refractivity contribution in [3.63, 3.8) is 0 Å². The maximum absolute atomic E-state index is 11.8. The number of rotatable bonds is 6. The molecule has 1 aromatic carbocycles. The Morgan fingerprint density at radius 1 is 1.17 bits per heavy atom. The van der Waals surface area contributed by atoms with Crippen LogP contribution in [0.1, 0.15) is 33.0 Å². The molecule has 2 rings (SSSR count). The highest BCUT2D eigenvalue weighted by molar-refractivity contribution is 5.88. The second-order valence-corrected chi connectivity index (χ2v) is 5.30. The third-order valence-corrected chi connectivity index (χ3v) is 3.51. The molecule has 0 aliphatic carbocycles. The molecule has 23 heavy (non-hydrogen) atoms. The fourth-order valence-electron chi connectivity index (χ4n) is 2.03. The Bertz CT molecular complexity index is 733. The Kier molecular flexibility index (Phi) is 5.05. The normalized spacial score (nSPS) is 10.4. The SMILES string of the molecule is Cc1ccc(OCC(=O)NCc2cc(C(=O)O)c(C)o2)cc1C. The lowest BCUT2D eigenvalue weighted by Crippen LogP contribution is -2.28. The number of amides is 1. The first-order valence-corrected chi connectivity index (χ1v) is 7.16. The summed E-state index contributed by atoms with van der Waals surface area (Å²) in [4.78, 5) is 22.7. The lowest BCUT2D eigenvalue weighted by atomic mass is 10.1. The maximum Gasteiger partial charge on any atom is 0.339 e. The zero-order chi connectivity index (χ0) is 17.0. The number of aryl methyl sites for hydroxylation is 3. The second-order valence-electron chi connectivity index (χ2n) is 5.30. The second kappa shape index (κ2) is 7.00. The van der Waals surface area contributed by atoms with Crippen molar-refractivity contribution in [2.45, 2.75) is 27.3 Å². The monoisotopic (exact) mass is 317 g/mol. The van der Waals surface area contributed by atoms with Crippen molar-refractivity contribution in [1.29, 1.82) is 0 Å². The Labute approximate surface area is 134 Å². The highest BCUT2D eigenvalue weighted by atomic mass is 16.5. The summed E-state index contributed by atoms with van der Waals surface area (Å²) >= 11 is 0.